The Labute approximate surface area is 92.8 Å². The maximum Gasteiger partial charge on any atom is 0.573 e. The molecule has 1 rings (SSSR count). The van der Waals surface area contributed by atoms with Crippen molar-refractivity contribution in [2.24, 2.45) is 0 Å². The summed E-state index contributed by atoms with van der Waals surface area (Å²) in [4.78, 5) is 12.9. The van der Waals surface area contributed by atoms with Crippen LogP contribution in [0.5, 0.6) is 5.75 Å². The Kier molecular flexibility index (Phi) is 3.51. The highest BCUT2D eigenvalue weighted by Gasteiger charge is 2.36. The van der Waals surface area contributed by atoms with Crippen LogP contribution in [0.1, 0.15) is 11.3 Å². The van der Waals surface area contributed by atoms with E-state index < -0.39 is 29.3 Å². The Morgan fingerprint density at radius 3 is 2.59 bits per heavy atom. The third-order valence-electron chi connectivity index (χ3n) is 1.91. The summed E-state index contributed by atoms with van der Waals surface area (Å²) in [6.07, 6.45) is -4.44. The predicted octanol–water partition coefficient (Wildman–Crippen LogP) is 1.69. The molecule has 1 aromatic rings. The zero-order chi connectivity index (χ0) is 13.2. The summed E-state index contributed by atoms with van der Waals surface area (Å²) in [6, 6.07) is 0. The Morgan fingerprint density at radius 1 is 1.59 bits per heavy atom. The van der Waals surface area contributed by atoms with E-state index in [0.29, 0.717) is 6.20 Å². The second-order valence-electron chi connectivity index (χ2n) is 3.01. The van der Waals surface area contributed by atoms with Crippen molar-refractivity contribution in [3.05, 3.63) is 27.6 Å². The second-order valence-corrected chi connectivity index (χ2v) is 3.01. The van der Waals surface area contributed by atoms with Crippen LogP contribution >= 0.6 is 0 Å². The van der Waals surface area contributed by atoms with Crippen molar-refractivity contribution in [3.8, 4) is 5.75 Å². The van der Waals surface area contributed by atoms with Crippen molar-refractivity contribution in [1.29, 1.82) is 0 Å². The van der Waals surface area contributed by atoms with E-state index in [1.807, 2.05) is 0 Å². The zero-order valence-electron chi connectivity index (χ0n) is 8.48. The van der Waals surface area contributed by atoms with E-state index in [2.05, 4.69) is 9.72 Å². The van der Waals surface area contributed by atoms with Gasteiger partial charge in [0.05, 0.1) is 17.2 Å². The number of nitro groups is 1. The minimum atomic E-state index is -5.05. The van der Waals surface area contributed by atoms with E-state index in [9.17, 15) is 23.3 Å². The molecule has 1 N–H and O–H groups in total. The first-order valence-electron chi connectivity index (χ1n) is 4.25. The van der Waals surface area contributed by atoms with Gasteiger partial charge in [-0.2, -0.15) is 0 Å². The lowest BCUT2D eigenvalue weighted by Gasteiger charge is -2.12. The van der Waals surface area contributed by atoms with Crippen molar-refractivity contribution in [2.45, 2.75) is 19.9 Å². The molecular formula is C8H7F3N2O4. The van der Waals surface area contributed by atoms with Gasteiger partial charge in [-0.1, -0.05) is 0 Å². The summed E-state index contributed by atoms with van der Waals surface area (Å²) < 4.78 is 39.8. The van der Waals surface area contributed by atoms with Gasteiger partial charge < -0.3 is 9.84 Å². The molecule has 0 spiro atoms. The number of rotatable bonds is 3. The minimum Gasteiger partial charge on any atom is -0.398 e. The molecule has 17 heavy (non-hydrogen) atoms. The average molecular weight is 252 g/mol. The van der Waals surface area contributed by atoms with E-state index in [-0.39, 0.29) is 11.3 Å². The average Bonchev–Trinajstić information content (AvgIpc) is 2.18. The molecule has 0 radical (unpaired) electrons. The molecule has 0 aliphatic rings. The Hall–Kier alpha value is -1.90. The van der Waals surface area contributed by atoms with Crippen LogP contribution in [-0.4, -0.2) is 21.4 Å². The predicted molar refractivity (Wildman–Crippen MR) is 48.2 cm³/mol. The molecule has 0 bridgehead atoms. The molecule has 1 aromatic heterocycles. The molecule has 0 aliphatic carbocycles. The molecule has 6 nitrogen and oxygen atoms in total. The standard InChI is InChI=1S/C8H7F3N2O4/c1-4-5(3-14)12-2-6(13(15)16)7(4)17-8(9,10)11/h2,14H,3H2,1H3. The molecular weight excluding hydrogens is 245 g/mol. The minimum absolute atomic E-state index is 0.116. The Balaban J connectivity index is 3.35. The smallest absolute Gasteiger partial charge is 0.398 e. The van der Waals surface area contributed by atoms with Crippen LogP contribution in [-0.2, 0) is 6.61 Å². The second kappa shape index (κ2) is 4.53. The van der Waals surface area contributed by atoms with Crippen LogP contribution < -0.4 is 4.74 Å². The van der Waals surface area contributed by atoms with Gasteiger partial charge in [-0.05, 0) is 6.92 Å². The van der Waals surface area contributed by atoms with Crippen LogP contribution in [0, 0.1) is 17.0 Å². The van der Waals surface area contributed by atoms with Gasteiger partial charge in [0.15, 0.2) is 0 Å². The molecule has 94 valence electrons. The van der Waals surface area contributed by atoms with Gasteiger partial charge in [0.25, 0.3) is 0 Å². The molecule has 0 unspecified atom stereocenters. The summed E-state index contributed by atoms with van der Waals surface area (Å²) in [7, 11) is 0. The number of halogens is 3. The van der Waals surface area contributed by atoms with E-state index in [1.165, 1.54) is 0 Å². The maximum atomic E-state index is 12.1. The monoisotopic (exact) mass is 252 g/mol. The Morgan fingerprint density at radius 2 is 2.18 bits per heavy atom. The number of hydrogen-bond acceptors (Lipinski definition) is 5. The summed E-state index contributed by atoms with van der Waals surface area (Å²) in [5, 5.41) is 19.3. The van der Waals surface area contributed by atoms with Gasteiger partial charge in [0.2, 0.25) is 5.75 Å². The highest BCUT2D eigenvalue weighted by molar-refractivity contribution is 5.51. The van der Waals surface area contributed by atoms with Crippen molar-refractivity contribution >= 4 is 5.69 Å². The third kappa shape index (κ3) is 3.03. The number of nitrogens with zero attached hydrogens (tertiary/aromatic N) is 2. The largest absolute Gasteiger partial charge is 0.573 e. The van der Waals surface area contributed by atoms with Gasteiger partial charge in [-0.3, -0.25) is 15.1 Å². The molecule has 0 aromatic carbocycles. The van der Waals surface area contributed by atoms with Crippen molar-refractivity contribution in [2.75, 3.05) is 0 Å². The van der Waals surface area contributed by atoms with Gasteiger partial charge in [-0.15, -0.1) is 13.2 Å². The lowest BCUT2D eigenvalue weighted by Crippen LogP contribution is -2.19. The number of pyridine rings is 1. The number of hydrogen-bond donors (Lipinski definition) is 1. The van der Waals surface area contributed by atoms with Crippen LogP contribution in [0.15, 0.2) is 6.20 Å². The summed E-state index contributed by atoms with van der Waals surface area (Å²) in [6.45, 7) is 0.505. The fourth-order valence-corrected chi connectivity index (χ4v) is 1.15. The maximum absolute atomic E-state index is 12.1. The molecule has 0 fully saturated rings. The highest BCUT2D eigenvalue weighted by atomic mass is 19.4. The quantitative estimate of drug-likeness (QED) is 0.653. The highest BCUT2D eigenvalue weighted by Crippen LogP contribution is 2.35. The molecule has 9 heteroatoms. The van der Waals surface area contributed by atoms with E-state index in [4.69, 9.17) is 5.11 Å². The number of aliphatic hydroxyl groups excluding tert-OH is 1. The number of ether oxygens (including phenoxy) is 1. The summed E-state index contributed by atoms with van der Waals surface area (Å²) >= 11 is 0. The van der Waals surface area contributed by atoms with Crippen LogP contribution in [0.4, 0.5) is 18.9 Å². The first-order valence-corrected chi connectivity index (χ1v) is 4.25. The van der Waals surface area contributed by atoms with Crippen LogP contribution in [0.3, 0.4) is 0 Å². The topological polar surface area (TPSA) is 85.5 Å². The van der Waals surface area contributed by atoms with Gasteiger partial charge >= 0.3 is 12.0 Å². The number of alkyl halides is 3. The lowest BCUT2D eigenvalue weighted by molar-refractivity contribution is -0.389. The van der Waals surface area contributed by atoms with Crippen molar-refractivity contribution in [3.63, 3.8) is 0 Å². The van der Waals surface area contributed by atoms with E-state index in [1.54, 1.807) is 0 Å². The lowest BCUT2D eigenvalue weighted by atomic mass is 10.2. The van der Waals surface area contributed by atoms with Crippen molar-refractivity contribution in [1.82, 2.24) is 4.98 Å². The molecule has 0 saturated heterocycles. The molecule has 0 atom stereocenters. The number of aliphatic hydroxyl groups is 1. The number of aromatic nitrogens is 1. The molecule has 0 aliphatic heterocycles. The zero-order valence-corrected chi connectivity index (χ0v) is 8.48. The van der Waals surface area contributed by atoms with Gasteiger partial charge in [0, 0.05) is 5.56 Å². The molecule has 1 heterocycles. The summed E-state index contributed by atoms with van der Waals surface area (Å²) in [5.74, 6) is -0.957. The van der Waals surface area contributed by atoms with Crippen LogP contribution in [0.25, 0.3) is 0 Å². The molecule has 0 amide bonds. The Bertz CT molecular complexity index is 447. The fraction of sp³-hybridized carbons (Fsp3) is 0.375. The van der Waals surface area contributed by atoms with E-state index in [0.717, 1.165) is 6.92 Å². The molecule has 0 saturated carbocycles. The van der Waals surface area contributed by atoms with Gasteiger partial charge in [0.1, 0.15) is 6.20 Å². The van der Waals surface area contributed by atoms with E-state index >= 15 is 0 Å². The SMILES string of the molecule is Cc1c(CO)ncc([N+](=O)[O-])c1OC(F)(F)F. The fourth-order valence-electron chi connectivity index (χ4n) is 1.15. The first kappa shape index (κ1) is 13.2. The third-order valence-corrected chi connectivity index (χ3v) is 1.91. The van der Waals surface area contributed by atoms with Crippen LogP contribution in [0.2, 0.25) is 0 Å². The van der Waals surface area contributed by atoms with Crippen molar-refractivity contribution < 1.29 is 27.9 Å². The van der Waals surface area contributed by atoms with Gasteiger partial charge in [-0.25, -0.2) is 0 Å². The summed E-state index contributed by atoms with van der Waals surface area (Å²) in [5.41, 5.74) is -1.24. The normalized spacial score (nSPS) is 11.4. The first-order chi connectivity index (χ1) is 7.76.